The molecule has 6 heteroatoms. The first-order valence-corrected chi connectivity index (χ1v) is 7.50. The van der Waals surface area contributed by atoms with Crippen molar-refractivity contribution in [1.82, 2.24) is 20.6 Å². The minimum atomic E-state index is 0.0204. The first-order chi connectivity index (χ1) is 9.79. The first-order valence-electron chi connectivity index (χ1n) is 6.63. The highest BCUT2D eigenvalue weighted by Gasteiger charge is 2.06. The lowest BCUT2D eigenvalue weighted by molar-refractivity contribution is -0.120. The van der Waals surface area contributed by atoms with Crippen LogP contribution in [0.1, 0.15) is 19.0 Å². The van der Waals surface area contributed by atoms with Gasteiger partial charge in [0.15, 0.2) is 0 Å². The SMILES string of the molecule is CCCNC(=O)CNCc1csc(-c2ccccn2)n1. The zero-order valence-corrected chi connectivity index (χ0v) is 12.2. The summed E-state index contributed by atoms with van der Waals surface area (Å²) >= 11 is 1.56. The second kappa shape index (κ2) is 7.72. The Balaban J connectivity index is 1.80. The summed E-state index contributed by atoms with van der Waals surface area (Å²) in [5.74, 6) is 0.0204. The fourth-order valence-corrected chi connectivity index (χ4v) is 2.42. The van der Waals surface area contributed by atoms with Crippen molar-refractivity contribution in [3.8, 4) is 10.7 Å². The highest BCUT2D eigenvalue weighted by molar-refractivity contribution is 7.13. The summed E-state index contributed by atoms with van der Waals surface area (Å²) in [7, 11) is 0. The Morgan fingerprint density at radius 2 is 2.30 bits per heavy atom. The van der Waals surface area contributed by atoms with Gasteiger partial charge in [-0.05, 0) is 18.6 Å². The quantitative estimate of drug-likeness (QED) is 0.816. The standard InChI is InChI=1S/C14H18N4OS/c1-2-6-17-13(19)9-15-8-11-10-20-14(18-11)12-5-3-4-7-16-12/h3-5,7,10,15H,2,6,8-9H2,1H3,(H,17,19). The number of rotatable bonds is 7. The van der Waals surface area contributed by atoms with E-state index in [2.05, 4.69) is 20.6 Å². The van der Waals surface area contributed by atoms with Crippen molar-refractivity contribution in [2.45, 2.75) is 19.9 Å². The van der Waals surface area contributed by atoms with Gasteiger partial charge in [-0.2, -0.15) is 0 Å². The van der Waals surface area contributed by atoms with E-state index >= 15 is 0 Å². The molecule has 0 aliphatic heterocycles. The lowest BCUT2D eigenvalue weighted by Gasteiger charge is -2.03. The van der Waals surface area contributed by atoms with Crippen molar-refractivity contribution >= 4 is 17.2 Å². The van der Waals surface area contributed by atoms with Crippen LogP contribution in [0.3, 0.4) is 0 Å². The van der Waals surface area contributed by atoms with Crippen LogP contribution in [0.15, 0.2) is 29.8 Å². The molecule has 0 bridgehead atoms. The second-order valence-corrected chi connectivity index (χ2v) is 5.17. The van der Waals surface area contributed by atoms with Gasteiger partial charge >= 0.3 is 0 Å². The van der Waals surface area contributed by atoms with Crippen LogP contribution in [0.5, 0.6) is 0 Å². The Bertz CT molecular complexity index is 541. The number of hydrogen-bond donors (Lipinski definition) is 2. The molecule has 0 radical (unpaired) electrons. The number of nitrogens with one attached hydrogen (secondary N) is 2. The molecule has 2 aromatic heterocycles. The van der Waals surface area contributed by atoms with Crippen molar-refractivity contribution in [2.75, 3.05) is 13.1 Å². The number of carbonyl (C=O) groups excluding carboxylic acids is 1. The van der Waals surface area contributed by atoms with Gasteiger partial charge in [0.1, 0.15) is 5.01 Å². The average Bonchev–Trinajstić information content (AvgIpc) is 2.95. The van der Waals surface area contributed by atoms with Gasteiger partial charge in [-0.15, -0.1) is 11.3 Å². The first kappa shape index (κ1) is 14.6. The molecule has 0 fully saturated rings. The molecule has 20 heavy (non-hydrogen) atoms. The Hall–Kier alpha value is -1.79. The maximum absolute atomic E-state index is 11.4. The lowest BCUT2D eigenvalue weighted by atomic mass is 10.3. The zero-order chi connectivity index (χ0) is 14.2. The van der Waals surface area contributed by atoms with Crippen LogP contribution in [0.25, 0.3) is 10.7 Å². The molecule has 106 valence electrons. The Kier molecular flexibility index (Phi) is 5.64. The van der Waals surface area contributed by atoms with E-state index in [1.165, 1.54) is 0 Å². The van der Waals surface area contributed by atoms with E-state index in [1.807, 2.05) is 30.5 Å². The molecule has 2 heterocycles. The Labute approximate surface area is 122 Å². The molecule has 2 N–H and O–H groups in total. The summed E-state index contributed by atoms with van der Waals surface area (Å²) in [6.45, 7) is 3.66. The normalized spacial score (nSPS) is 10.4. The molecule has 0 aliphatic carbocycles. The van der Waals surface area contributed by atoms with Crippen molar-refractivity contribution in [1.29, 1.82) is 0 Å². The van der Waals surface area contributed by atoms with Crippen molar-refractivity contribution in [2.24, 2.45) is 0 Å². The molecule has 2 aromatic rings. The van der Waals surface area contributed by atoms with Gasteiger partial charge in [-0.3, -0.25) is 9.78 Å². The van der Waals surface area contributed by atoms with E-state index in [-0.39, 0.29) is 5.91 Å². The van der Waals surface area contributed by atoms with Crippen LogP contribution >= 0.6 is 11.3 Å². The molecule has 5 nitrogen and oxygen atoms in total. The van der Waals surface area contributed by atoms with Crippen LogP contribution in [-0.2, 0) is 11.3 Å². The molecular formula is C14H18N4OS. The zero-order valence-electron chi connectivity index (χ0n) is 11.4. The second-order valence-electron chi connectivity index (χ2n) is 4.31. The molecule has 0 atom stereocenters. The van der Waals surface area contributed by atoms with Gasteiger partial charge in [-0.1, -0.05) is 13.0 Å². The summed E-state index contributed by atoms with van der Waals surface area (Å²) in [4.78, 5) is 20.2. The molecular weight excluding hydrogens is 272 g/mol. The van der Waals surface area contributed by atoms with Gasteiger partial charge in [0, 0.05) is 24.7 Å². The molecule has 0 saturated carbocycles. The fourth-order valence-electron chi connectivity index (χ4n) is 1.63. The number of nitrogens with zero attached hydrogens (tertiary/aromatic N) is 2. The fraction of sp³-hybridized carbons (Fsp3) is 0.357. The van der Waals surface area contributed by atoms with Crippen LogP contribution in [0.2, 0.25) is 0 Å². The number of pyridine rings is 1. The van der Waals surface area contributed by atoms with E-state index in [4.69, 9.17) is 0 Å². The smallest absolute Gasteiger partial charge is 0.233 e. The third-order valence-corrected chi connectivity index (χ3v) is 3.51. The molecule has 0 unspecified atom stereocenters. The summed E-state index contributed by atoms with van der Waals surface area (Å²) in [6.07, 6.45) is 2.71. The van der Waals surface area contributed by atoms with Crippen molar-refractivity contribution in [3.05, 3.63) is 35.5 Å². The van der Waals surface area contributed by atoms with Crippen molar-refractivity contribution in [3.63, 3.8) is 0 Å². The van der Waals surface area contributed by atoms with Gasteiger partial charge in [0.2, 0.25) is 5.91 Å². The topological polar surface area (TPSA) is 66.9 Å². The van der Waals surface area contributed by atoms with Gasteiger partial charge in [0.05, 0.1) is 17.9 Å². The molecule has 0 spiro atoms. The number of carbonyl (C=O) groups is 1. The third-order valence-electron chi connectivity index (χ3n) is 2.60. The highest BCUT2D eigenvalue weighted by atomic mass is 32.1. The van der Waals surface area contributed by atoms with E-state index in [0.717, 1.165) is 29.4 Å². The number of aromatic nitrogens is 2. The monoisotopic (exact) mass is 290 g/mol. The van der Waals surface area contributed by atoms with Crippen LogP contribution in [-0.4, -0.2) is 29.0 Å². The number of amides is 1. The highest BCUT2D eigenvalue weighted by Crippen LogP contribution is 2.20. The minimum absolute atomic E-state index is 0.0204. The number of hydrogen-bond acceptors (Lipinski definition) is 5. The lowest BCUT2D eigenvalue weighted by Crippen LogP contribution is -2.33. The van der Waals surface area contributed by atoms with Crippen LogP contribution in [0, 0.1) is 0 Å². The van der Waals surface area contributed by atoms with E-state index in [1.54, 1.807) is 17.5 Å². The third kappa shape index (κ3) is 4.40. The predicted octanol–water partition coefficient (Wildman–Crippen LogP) is 1.82. The number of thiazole rings is 1. The Morgan fingerprint density at radius 3 is 3.05 bits per heavy atom. The molecule has 0 aliphatic rings. The molecule has 1 amide bonds. The van der Waals surface area contributed by atoms with Crippen LogP contribution in [0.4, 0.5) is 0 Å². The summed E-state index contributed by atoms with van der Waals surface area (Å²) in [5.41, 5.74) is 1.81. The van der Waals surface area contributed by atoms with Gasteiger partial charge in [-0.25, -0.2) is 4.98 Å². The maximum Gasteiger partial charge on any atom is 0.233 e. The Morgan fingerprint density at radius 1 is 1.40 bits per heavy atom. The maximum atomic E-state index is 11.4. The minimum Gasteiger partial charge on any atom is -0.355 e. The van der Waals surface area contributed by atoms with E-state index in [9.17, 15) is 4.79 Å². The average molecular weight is 290 g/mol. The van der Waals surface area contributed by atoms with Crippen molar-refractivity contribution < 1.29 is 4.79 Å². The van der Waals surface area contributed by atoms with Gasteiger partial charge in [0.25, 0.3) is 0 Å². The summed E-state index contributed by atoms with van der Waals surface area (Å²) < 4.78 is 0. The summed E-state index contributed by atoms with van der Waals surface area (Å²) in [6, 6.07) is 5.77. The van der Waals surface area contributed by atoms with E-state index < -0.39 is 0 Å². The molecule has 2 rings (SSSR count). The predicted molar refractivity (Wildman–Crippen MR) is 80.4 cm³/mol. The molecule has 0 saturated heterocycles. The van der Waals surface area contributed by atoms with Gasteiger partial charge < -0.3 is 10.6 Å². The largest absolute Gasteiger partial charge is 0.355 e. The van der Waals surface area contributed by atoms with Crippen LogP contribution < -0.4 is 10.6 Å². The molecule has 0 aromatic carbocycles. The van der Waals surface area contributed by atoms with E-state index in [0.29, 0.717) is 13.1 Å². The summed E-state index contributed by atoms with van der Waals surface area (Å²) in [5, 5.41) is 8.80.